The van der Waals surface area contributed by atoms with Crippen molar-refractivity contribution < 1.29 is 5.11 Å². The van der Waals surface area contributed by atoms with E-state index in [1.807, 2.05) is 31.3 Å². The summed E-state index contributed by atoms with van der Waals surface area (Å²) in [5, 5.41) is 18.3. The highest BCUT2D eigenvalue weighted by Crippen LogP contribution is 2.21. The molecule has 0 saturated carbocycles. The van der Waals surface area contributed by atoms with Crippen molar-refractivity contribution in [3.8, 4) is 11.8 Å². The van der Waals surface area contributed by atoms with Gasteiger partial charge in [0.15, 0.2) is 0 Å². The Balaban J connectivity index is 2.03. The number of phenolic OH excluding ortho intramolecular Hbond substituents is 1. The van der Waals surface area contributed by atoms with Gasteiger partial charge < -0.3 is 10.8 Å². The summed E-state index contributed by atoms with van der Waals surface area (Å²) in [6.07, 6.45) is 0. The van der Waals surface area contributed by atoms with Crippen LogP contribution in [0.5, 0.6) is 5.75 Å². The molecule has 2 aromatic carbocycles. The van der Waals surface area contributed by atoms with Gasteiger partial charge in [-0.25, -0.2) is 0 Å². The predicted molar refractivity (Wildman–Crippen MR) is 78.8 cm³/mol. The number of rotatable bonds is 4. The number of aromatic hydroxyl groups is 1. The first-order valence-electron chi connectivity index (χ1n) is 6.33. The van der Waals surface area contributed by atoms with Crippen molar-refractivity contribution in [3.05, 3.63) is 59.2 Å². The molecule has 0 spiro atoms. The molecule has 0 saturated heterocycles. The molecule has 0 aliphatic rings. The van der Waals surface area contributed by atoms with Crippen LogP contribution in [0.4, 0.5) is 5.69 Å². The third-order valence-corrected chi connectivity index (χ3v) is 3.05. The molecule has 0 aliphatic heterocycles. The van der Waals surface area contributed by atoms with Crippen LogP contribution in [-0.2, 0) is 13.1 Å². The molecular weight excluding hydrogens is 250 g/mol. The molecule has 0 radical (unpaired) electrons. The number of hydrogen-bond acceptors (Lipinski definition) is 4. The molecule has 2 rings (SSSR count). The molecule has 0 heterocycles. The van der Waals surface area contributed by atoms with E-state index in [-0.39, 0.29) is 5.75 Å². The minimum Gasteiger partial charge on any atom is -0.506 e. The molecule has 102 valence electrons. The Morgan fingerprint density at radius 3 is 2.50 bits per heavy atom. The summed E-state index contributed by atoms with van der Waals surface area (Å²) < 4.78 is 0. The minimum atomic E-state index is 0.109. The first-order chi connectivity index (χ1) is 9.58. The Morgan fingerprint density at radius 2 is 1.85 bits per heavy atom. The summed E-state index contributed by atoms with van der Waals surface area (Å²) in [5.74, 6) is 0.109. The van der Waals surface area contributed by atoms with Gasteiger partial charge in [-0.2, -0.15) is 5.26 Å². The first-order valence-corrected chi connectivity index (χ1v) is 6.33. The van der Waals surface area contributed by atoms with Crippen molar-refractivity contribution in [2.75, 3.05) is 12.8 Å². The van der Waals surface area contributed by atoms with E-state index in [1.54, 1.807) is 18.2 Å². The van der Waals surface area contributed by atoms with Gasteiger partial charge in [0.1, 0.15) is 5.75 Å². The van der Waals surface area contributed by atoms with Crippen molar-refractivity contribution in [2.24, 2.45) is 0 Å². The maximum atomic E-state index is 9.40. The van der Waals surface area contributed by atoms with Gasteiger partial charge in [0.05, 0.1) is 17.3 Å². The number of nitrogen functional groups attached to an aromatic ring is 1. The van der Waals surface area contributed by atoms with Crippen LogP contribution < -0.4 is 5.73 Å². The SMILES string of the molecule is CN(Cc1cccc(C#N)c1)Cc1ccc(O)c(N)c1. The highest BCUT2D eigenvalue weighted by atomic mass is 16.3. The van der Waals surface area contributed by atoms with Gasteiger partial charge in [-0.3, -0.25) is 4.90 Å². The molecule has 0 fully saturated rings. The van der Waals surface area contributed by atoms with Gasteiger partial charge in [0.2, 0.25) is 0 Å². The van der Waals surface area contributed by atoms with Gasteiger partial charge in [-0.1, -0.05) is 18.2 Å². The van der Waals surface area contributed by atoms with E-state index < -0.39 is 0 Å². The highest BCUT2D eigenvalue weighted by Gasteiger charge is 2.04. The zero-order valence-electron chi connectivity index (χ0n) is 11.4. The maximum Gasteiger partial charge on any atom is 0.138 e. The van der Waals surface area contributed by atoms with Gasteiger partial charge >= 0.3 is 0 Å². The summed E-state index contributed by atoms with van der Waals surface area (Å²) in [4.78, 5) is 2.13. The second kappa shape index (κ2) is 6.09. The number of nitrogens with two attached hydrogens (primary N) is 1. The van der Waals surface area contributed by atoms with Crippen LogP contribution in [0.1, 0.15) is 16.7 Å². The van der Waals surface area contributed by atoms with Gasteiger partial charge in [0, 0.05) is 13.1 Å². The number of benzene rings is 2. The lowest BCUT2D eigenvalue weighted by molar-refractivity contribution is 0.319. The fourth-order valence-corrected chi connectivity index (χ4v) is 2.12. The zero-order valence-corrected chi connectivity index (χ0v) is 11.4. The standard InChI is InChI=1S/C16H17N3O/c1-19(10-13-4-2-3-12(7-13)9-17)11-14-5-6-16(20)15(18)8-14/h2-8,20H,10-11,18H2,1H3. The van der Waals surface area contributed by atoms with Crippen LogP contribution in [0.2, 0.25) is 0 Å². The molecule has 4 heteroatoms. The van der Waals surface area contributed by atoms with Gasteiger partial charge in [-0.15, -0.1) is 0 Å². The van der Waals surface area contributed by atoms with Crippen molar-refractivity contribution >= 4 is 5.69 Å². The fourth-order valence-electron chi connectivity index (χ4n) is 2.12. The fraction of sp³-hybridized carbons (Fsp3) is 0.188. The molecule has 0 unspecified atom stereocenters. The van der Waals surface area contributed by atoms with Crippen LogP contribution in [0, 0.1) is 11.3 Å². The predicted octanol–water partition coefficient (Wildman–Crippen LogP) is 2.48. The zero-order chi connectivity index (χ0) is 14.5. The smallest absolute Gasteiger partial charge is 0.138 e. The molecular formula is C16H17N3O. The largest absolute Gasteiger partial charge is 0.506 e. The van der Waals surface area contributed by atoms with Crippen LogP contribution >= 0.6 is 0 Å². The van der Waals surface area contributed by atoms with Crippen LogP contribution in [-0.4, -0.2) is 17.1 Å². The van der Waals surface area contributed by atoms with Crippen molar-refractivity contribution in [1.29, 1.82) is 5.26 Å². The Kier molecular flexibility index (Phi) is 4.24. The summed E-state index contributed by atoms with van der Waals surface area (Å²) in [6.45, 7) is 1.47. The van der Waals surface area contributed by atoms with Crippen molar-refractivity contribution in [1.82, 2.24) is 4.90 Å². The topological polar surface area (TPSA) is 73.3 Å². The van der Waals surface area contributed by atoms with E-state index >= 15 is 0 Å². The third-order valence-electron chi connectivity index (χ3n) is 3.05. The molecule has 0 bridgehead atoms. The molecule has 0 amide bonds. The summed E-state index contributed by atoms with van der Waals surface area (Å²) in [5.41, 5.74) is 8.88. The first kappa shape index (κ1) is 13.9. The van der Waals surface area contributed by atoms with E-state index in [0.717, 1.165) is 24.2 Å². The van der Waals surface area contributed by atoms with Crippen LogP contribution in [0.25, 0.3) is 0 Å². The Bertz CT molecular complexity index is 646. The minimum absolute atomic E-state index is 0.109. The quantitative estimate of drug-likeness (QED) is 0.659. The average Bonchev–Trinajstić information content (AvgIpc) is 2.43. The second-order valence-electron chi connectivity index (χ2n) is 4.88. The summed E-state index contributed by atoms with van der Waals surface area (Å²) in [7, 11) is 2.00. The molecule has 20 heavy (non-hydrogen) atoms. The molecule has 3 N–H and O–H groups in total. The highest BCUT2D eigenvalue weighted by molar-refractivity contribution is 5.53. The van der Waals surface area contributed by atoms with E-state index in [2.05, 4.69) is 11.0 Å². The Hall–Kier alpha value is -2.51. The van der Waals surface area contributed by atoms with Crippen molar-refractivity contribution in [2.45, 2.75) is 13.1 Å². The number of nitrogens with zero attached hydrogens (tertiary/aromatic N) is 2. The average molecular weight is 267 g/mol. The maximum absolute atomic E-state index is 9.40. The number of anilines is 1. The van der Waals surface area contributed by atoms with Crippen LogP contribution in [0.3, 0.4) is 0 Å². The van der Waals surface area contributed by atoms with Gasteiger partial charge in [-0.05, 0) is 42.4 Å². The summed E-state index contributed by atoms with van der Waals surface area (Å²) >= 11 is 0. The second-order valence-corrected chi connectivity index (χ2v) is 4.88. The van der Waals surface area contributed by atoms with E-state index in [9.17, 15) is 5.11 Å². The monoisotopic (exact) mass is 267 g/mol. The molecule has 0 aliphatic carbocycles. The lowest BCUT2D eigenvalue weighted by Gasteiger charge is -2.17. The lowest BCUT2D eigenvalue weighted by atomic mass is 10.1. The normalized spacial score (nSPS) is 10.4. The Morgan fingerprint density at radius 1 is 1.15 bits per heavy atom. The van der Waals surface area contributed by atoms with Crippen molar-refractivity contribution in [3.63, 3.8) is 0 Å². The number of phenols is 1. The van der Waals surface area contributed by atoms with E-state index in [4.69, 9.17) is 11.0 Å². The van der Waals surface area contributed by atoms with Gasteiger partial charge in [0.25, 0.3) is 0 Å². The molecule has 4 nitrogen and oxygen atoms in total. The third kappa shape index (κ3) is 3.50. The summed E-state index contributed by atoms with van der Waals surface area (Å²) in [6, 6.07) is 15.0. The Labute approximate surface area is 118 Å². The lowest BCUT2D eigenvalue weighted by Crippen LogP contribution is -2.17. The number of hydrogen-bond donors (Lipinski definition) is 2. The van der Waals surface area contributed by atoms with E-state index in [0.29, 0.717) is 11.3 Å². The van der Waals surface area contributed by atoms with Crippen LogP contribution in [0.15, 0.2) is 42.5 Å². The van der Waals surface area contributed by atoms with E-state index in [1.165, 1.54) is 0 Å². The number of nitriles is 1. The molecule has 0 atom stereocenters. The molecule has 2 aromatic rings. The molecule has 0 aromatic heterocycles.